The molecule has 3 unspecified atom stereocenters. The van der Waals surface area contributed by atoms with Gasteiger partial charge in [-0.15, -0.1) is 0 Å². The molecule has 20 heavy (non-hydrogen) atoms. The molecule has 1 amide bonds. The molecule has 2 bridgehead atoms. The van der Waals surface area contributed by atoms with E-state index < -0.39 is 0 Å². The number of fused-ring (bicyclic) bond motifs is 2. The summed E-state index contributed by atoms with van der Waals surface area (Å²) in [6, 6.07) is 0.680. The second kappa shape index (κ2) is 6.75. The normalized spacial score (nSPS) is 33.3. The van der Waals surface area contributed by atoms with Crippen LogP contribution in [0.4, 0.5) is 0 Å². The number of carbonyl (C=O) groups excluding carboxylic acids is 1. The van der Waals surface area contributed by atoms with E-state index in [2.05, 4.69) is 22.8 Å². The van der Waals surface area contributed by atoms with E-state index in [-0.39, 0.29) is 11.8 Å². The lowest BCUT2D eigenvalue weighted by Gasteiger charge is -2.19. The van der Waals surface area contributed by atoms with Gasteiger partial charge in [0.1, 0.15) is 0 Å². The number of rotatable bonds is 5. The highest BCUT2D eigenvalue weighted by molar-refractivity contribution is 5.79. The van der Waals surface area contributed by atoms with Crippen molar-refractivity contribution in [3.63, 3.8) is 0 Å². The van der Waals surface area contributed by atoms with E-state index in [9.17, 15) is 4.79 Å². The van der Waals surface area contributed by atoms with Crippen LogP contribution in [-0.2, 0) is 4.79 Å². The van der Waals surface area contributed by atoms with Crippen molar-refractivity contribution in [2.45, 2.75) is 57.4 Å². The van der Waals surface area contributed by atoms with E-state index in [1.54, 1.807) is 0 Å². The van der Waals surface area contributed by atoms with Gasteiger partial charge < -0.3 is 10.6 Å². The quantitative estimate of drug-likeness (QED) is 0.460. The van der Waals surface area contributed by atoms with E-state index in [0.717, 1.165) is 19.5 Å². The second-order valence-corrected chi connectivity index (χ2v) is 6.82. The molecule has 2 saturated carbocycles. The Morgan fingerprint density at radius 2 is 1.80 bits per heavy atom. The minimum absolute atomic E-state index is 0.253. The van der Waals surface area contributed by atoms with Gasteiger partial charge in [0.15, 0.2) is 0 Å². The summed E-state index contributed by atoms with van der Waals surface area (Å²) in [5.41, 5.74) is 0. The summed E-state index contributed by atoms with van der Waals surface area (Å²) in [5, 5.41) is 6.74. The van der Waals surface area contributed by atoms with Crippen LogP contribution in [0.1, 0.15) is 51.4 Å². The first-order valence-corrected chi connectivity index (χ1v) is 8.52. The van der Waals surface area contributed by atoms with Gasteiger partial charge in [0.2, 0.25) is 5.91 Å². The first-order chi connectivity index (χ1) is 9.83. The Hall–Kier alpha value is -0.830. The standard InChI is InChI=1S/C17H28N2O/c20-17(16-12-13-7-8-14(16)11-13)19-10-9-18-15-5-3-1-2-4-6-15/h7-8,13-16,18H,1-6,9-12H2,(H,19,20). The maximum Gasteiger partial charge on any atom is 0.223 e. The molecule has 0 aromatic carbocycles. The van der Waals surface area contributed by atoms with Crippen molar-refractivity contribution in [2.24, 2.45) is 17.8 Å². The van der Waals surface area contributed by atoms with Crippen LogP contribution >= 0.6 is 0 Å². The van der Waals surface area contributed by atoms with Crippen LogP contribution in [-0.4, -0.2) is 25.0 Å². The van der Waals surface area contributed by atoms with Crippen LogP contribution in [0.5, 0.6) is 0 Å². The van der Waals surface area contributed by atoms with Crippen molar-refractivity contribution in [1.82, 2.24) is 10.6 Å². The van der Waals surface area contributed by atoms with Gasteiger partial charge in [-0.1, -0.05) is 37.8 Å². The third-order valence-corrected chi connectivity index (χ3v) is 5.33. The van der Waals surface area contributed by atoms with Crippen LogP contribution in [0, 0.1) is 17.8 Å². The fourth-order valence-electron chi connectivity index (χ4n) is 4.16. The van der Waals surface area contributed by atoms with Crippen LogP contribution in [0.3, 0.4) is 0 Å². The topological polar surface area (TPSA) is 41.1 Å². The fourth-order valence-corrected chi connectivity index (χ4v) is 4.16. The van der Waals surface area contributed by atoms with Crippen LogP contribution in [0.25, 0.3) is 0 Å². The monoisotopic (exact) mass is 276 g/mol. The average Bonchev–Trinajstić information content (AvgIpc) is 3.00. The van der Waals surface area contributed by atoms with Gasteiger partial charge in [-0.3, -0.25) is 4.79 Å². The largest absolute Gasteiger partial charge is 0.355 e. The molecule has 2 fully saturated rings. The van der Waals surface area contributed by atoms with Crippen molar-refractivity contribution in [3.8, 4) is 0 Å². The summed E-state index contributed by atoms with van der Waals surface area (Å²) in [5.74, 6) is 1.74. The second-order valence-electron chi connectivity index (χ2n) is 6.82. The molecule has 3 atom stereocenters. The highest BCUT2D eigenvalue weighted by atomic mass is 16.1. The zero-order valence-electron chi connectivity index (χ0n) is 12.4. The summed E-state index contributed by atoms with van der Waals surface area (Å²) in [6.45, 7) is 1.71. The fraction of sp³-hybridized carbons (Fsp3) is 0.824. The number of hydrogen-bond donors (Lipinski definition) is 2. The lowest BCUT2D eigenvalue weighted by molar-refractivity contribution is -0.125. The highest BCUT2D eigenvalue weighted by Gasteiger charge is 2.39. The third kappa shape index (κ3) is 3.43. The molecule has 0 aromatic rings. The number of allylic oxidation sites excluding steroid dienone is 2. The van der Waals surface area contributed by atoms with Gasteiger partial charge in [-0.2, -0.15) is 0 Å². The zero-order chi connectivity index (χ0) is 13.8. The maximum absolute atomic E-state index is 12.2. The summed E-state index contributed by atoms with van der Waals surface area (Å²) < 4.78 is 0. The van der Waals surface area contributed by atoms with E-state index in [4.69, 9.17) is 0 Å². The Balaban J connectivity index is 1.31. The van der Waals surface area contributed by atoms with Crippen molar-refractivity contribution >= 4 is 5.91 Å². The van der Waals surface area contributed by atoms with E-state index in [1.807, 2.05) is 0 Å². The van der Waals surface area contributed by atoms with Gasteiger partial charge in [0, 0.05) is 25.0 Å². The minimum atomic E-state index is 0.253. The molecule has 3 heteroatoms. The molecule has 112 valence electrons. The molecular weight excluding hydrogens is 248 g/mol. The predicted octanol–water partition coefficient (Wildman–Crippen LogP) is 2.63. The predicted molar refractivity (Wildman–Crippen MR) is 81.3 cm³/mol. The molecule has 3 rings (SSSR count). The number of carbonyl (C=O) groups is 1. The number of nitrogens with one attached hydrogen (secondary N) is 2. The Labute approximate surface area is 122 Å². The molecule has 0 radical (unpaired) electrons. The van der Waals surface area contributed by atoms with Crippen molar-refractivity contribution in [2.75, 3.05) is 13.1 Å². The maximum atomic E-state index is 12.2. The molecule has 3 nitrogen and oxygen atoms in total. The highest BCUT2D eigenvalue weighted by Crippen LogP contribution is 2.43. The van der Waals surface area contributed by atoms with Gasteiger partial charge in [0.05, 0.1) is 0 Å². The average molecular weight is 276 g/mol. The van der Waals surface area contributed by atoms with Crippen molar-refractivity contribution in [1.29, 1.82) is 0 Å². The molecule has 2 N–H and O–H groups in total. The van der Waals surface area contributed by atoms with Gasteiger partial charge in [-0.05, 0) is 37.5 Å². The number of amides is 1. The smallest absolute Gasteiger partial charge is 0.223 e. The third-order valence-electron chi connectivity index (χ3n) is 5.33. The zero-order valence-corrected chi connectivity index (χ0v) is 12.4. The van der Waals surface area contributed by atoms with Gasteiger partial charge in [0.25, 0.3) is 0 Å². The molecule has 0 saturated heterocycles. The SMILES string of the molecule is O=C(NCCNC1CCCCCC1)C1CC2C=CC1C2. The Bertz CT molecular complexity index is 358. The van der Waals surface area contributed by atoms with Crippen molar-refractivity contribution in [3.05, 3.63) is 12.2 Å². The van der Waals surface area contributed by atoms with E-state index >= 15 is 0 Å². The molecule has 0 aliphatic heterocycles. The molecule has 0 aromatic heterocycles. The molecule has 0 heterocycles. The first kappa shape index (κ1) is 14.1. The Morgan fingerprint density at radius 1 is 1.00 bits per heavy atom. The lowest BCUT2D eigenvalue weighted by Crippen LogP contribution is -2.39. The molecule has 3 aliphatic rings. The lowest BCUT2D eigenvalue weighted by atomic mass is 9.93. The molecule has 3 aliphatic carbocycles. The summed E-state index contributed by atoms with van der Waals surface area (Å²) in [7, 11) is 0. The van der Waals surface area contributed by atoms with Crippen molar-refractivity contribution < 1.29 is 4.79 Å². The number of hydrogen-bond acceptors (Lipinski definition) is 2. The van der Waals surface area contributed by atoms with E-state index in [1.165, 1.54) is 44.9 Å². The van der Waals surface area contributed by atoms with Crippen LogP contribution in [0.2, 0.25) is 0 Å². The Morgan fingerprint density at radius 3 is 2.45 bits per heavy atom. The molecule has 0 spiro atoms. The van der Waals surface area contributed by atoms with E-state index in [0.29, 0.717) is 17.9 Å². The first-order valence-electron chi connectivity index (χ1n) is 8.52. The molecular formula is C17H28N2O. The van der Waals surface area contributed by atoms with Crippen LogP contribution in [0.15, 0.2) is 12.2 Å². The summed E-state index contributed by atoms with van der Waals surface area (Å²) in [6.07, 6.45) is 15.0. The van der Waals surface area contributed by atoms with Crippen LogP contribution < -0.4 is 10.6 Å². The summed E-state index contributed by atoms with van der Waals surface area (Å²) >= 11 is 0. The van der Waals surface area contributed by atoms with Gasteiger partial charge >= 0.3 is 0 Å². The minimum Gasteiger partial charge on any atom is -0.355 e. The van der Waals surface area contributed by atoms with Gasteiger partial charge in [-0.25, -0.2) is 0 Å². The summed E-state index contributed by atoms with van der Waals surface area (Å²) in [4.78, 5) is 12.2. The Kier molecular flexibility index (Phi) is 4.77.